The van der Waals surface area contributed by atoms with Crippen LogP contribution in [0.15, 0.2) is 12.1 Å². The van der Waals surface area contributed by atoms with Gasteiger partial charge in [0.05, 0.1) is 11.3 Å². The third-order valence-electron chi connectivity index (χ3n) is 4.99. The van der Waals surface area contributed by atoms with E-state index in [1.807, 2.05) is 0 Å². The molecule has 3 N–H and O–H groups in total. The van der Waals surface area contributed by atoms with E-state index < -0.39 is 34.8 Å². The number of nitrogens with zero attached hydrogens (tertiary/aromatic N) is 2. The molecule has 0 radical (unpaired) electrons. The van der Waals surface area contributed by atoms with Crippen molar-refractivity contribution in [3.05, 3.63) is 41.0 Å². The zero-order valence-corrected chi connectivity index (χ0v) is 17.2. The molecule has 3 rings (SSSR count). The van der Waals surface area contributed by atoms with Crippen molar-refractivity contribution in [2.45, 2.75) is 39.9 Å². The molecule has 2 aromatic rings. The highest BCUT2D eigenvalue weighted by Gasteiger charge is 2.34. The van der Waals surface area contributed by atoms with Crippen molar-refractivity contribution in [1.82, 2.24) is 25.5 Å². The third kappa shape index (κ3) is 4.04. The van der Waals surface area contributed by atoms with Gasteiger partial charge in [-0.2, -0.15) is 0 Å². The maximum absolute atomic E-state index is 14.4. The number of fused-ring (bicyclic) bond motifs is 1. The van der Waals surface area contributed by atoms with Crippen LogP contribution in [0, 0.1) is 22.9 Å². The smallest absolute Gasteiger partial charge is 0.272 e. The van der Waals surface area contributed by atoms with Crippen molar-refractivity contribution >= 4 is 11.8 Å². The average molecular weight is 423 g/mol. The highest BCUT2D eigenvalue weighted by Crippen LogP contribution is 2.29. The minimum absolute atomic E-state index is 0.000476. The normalized spacial score (nSPS) is 14.8. The van der Waals surface area contributed by atoms with Crippen LogP contribution in [0.3, 0.4) is 0 Å². The number of likely N-dealkylation sites (N-methyl/N-ethyl adjacent to an activating group) is 1. The summed E-state index contributed by atoms with van der Waals surface area (Å²) < 4.78 is 43.1. The molecular weight excluding hydrogens is 399 g/mol. The number of benzene rings is 1. The van der Waals surface area contributed by atoms with E-state index in [1.54, 1.807) is 25.3 Å². The molecule has 1 atom stereocenters. The number of aromatic nitrogens is 2. The molecule has 30 heavy (non-hydrogen) atoms. The van der Waals surface area contributed by atoms with Gasteiger partial charge in [0, 0.05) is 32.7 Å². The van der Waals surface area contributed by atoms with E-state index in [9.17, 15) is 22.8 Å². The molecular formula is C20H24F3N5O2. The maximum atomic E-state index is 14.4. The predicted octanol–water partition coefficient (Wildman–Crippen LogP) is 1.96. The molecule has 2 heterocycles. The number of hydrogen-bond acceptors (Lipinski definition) is 4. The summed E-state index contributed by atoms with van der Waals surface area (Å²) in [6, 6.07) is 0.341. The molecule has 0 saturated carbocycles. The summed E-state index contributed by atoms with van der Waals surface area (Å²) in [6.45, 7) is 6.59. The number of hydrogen-bond donors (Lipinski definition) is 3. The summed E-state index contributed by atoms with van der Waals surface area (Å²) in [7, 11) is 1.47. The molecule has 162 valence electrons. The van der Waals surface area contributed by atoms with Crippen LogP contribution >= 0.6 is 0 Å². The van der Waals surface area contributed by atoms with Gasteiger partial charge in [-0.25, -0.2) is 18.2 Å². The molecule has 0 spiro atoms. The van der Waals surface area contributed by atoms with Gasteiger partial charge in [-0.3, -0.25) is 9.59 Å². The van der Waals surface area contributed by atoms with Gasteiger partial charge in [-0.15, -0.1) is 0 Å². The van der Waals surface area contributed by atoms with Crippen LogP contribution < -0.4 is 16.0 Å². The molecule has 1 unspecified atom stereocenters. The largest absolute Gasteiger partial charge is 0.357 e. The van der Waals surface area contributed by atoms with Crippen LogP contribution in [0.25, 0.3) is 11.4 Å². The summed E-state index contributed by atoms with van der Waals surface area (Å²) in [5.41, 5.74) is -0.347. The first-order chi connectivity index (χ1) is 14.0. The topological polar surface area (TPSA) is 88.1 Å². The van der Waals surface area contributed by atoms with E-state index in [-0.39, 0.29) is 29.5 Å². The monoisotopic (exact) mass is 423 g/mol. The highest BCUT2D eigenvalue weighted by molar-refractivity contribution is 5.97. The fourth-order valence-electron chi connectivity index (χ4n) is 3.40. The number of imidazole rings is 1. The SMILES string of the molecule is CNC(=O)C(NC(=O)c1nc(-c2cc(F)c(F)cc2F)n2c1CNCC2)C(C)(C)C. The molecule has 1 aliphatic rings. The Morgan fingerprint density at radius 2 is 1.83 bits per heavy atom. The molecule has 1 aromatic heterocycles. The molecule has 1 aliphatic heterocycles. The summed E-state index contributed by atoms with van der Waals surface area (Å²) in [6.07, 6.45) is 0. The third-order valence-corrected chi connectivity index (χ3v) is 4.99. The fraction of sp³-hybridized carbons (Fsp3) is 0.450. The molecule has 0 bridgehead atoms. The predicted molar refractivity (Wildman–Crippen MR) is 104 cm³/mol. The lowest BCUT2D eigenvalue weighted by Gasteiger charge is -2.29. The summed E-state index contributed by atoms with van der Waals surface area (Å²) in [5.74, 6) is -4.45. The zero-order valence-electron chi connectivity index (χ0n) is 17.2. The second-order valence-electron chi connectivity index (χ2n) is 8.19. The van der Waals surface area contributed by atoms with Crippen LogP contribution in [0.1, 0.15) is 37.0 Å². The molecule has 1 aromatic carbocycles. The first-order valence-corrected chi connectivity index (χ1v) is 9.52. The Kier molecular flexibility index (Phi) is 5.89. The minimum atomic E-state index is -1.31. The summed E-state index contributed by atoms with van der Waals surface area (Å²) in [4.78, 5) is 29.6. The number of carbonyl (C=O) groups excluding carboxylic acids is 2. The number of amides is 2. The molecule has 2 amide bonds. The Balaban J connectivity index is 2.06. The summed E-state index contributed by atoms with van der Waals surface area (Å²) >= 11 is 0. The number of carbonyl (C=O) groups is 2. The number of nitrogens with one attached hydrogen (secondary N) is 3. The van der Waals surface area contributed by atoms with Crippen LogP contribution in [-0.2, 0) is 17.9 Å². The minimum Gasteiger partial charge on any atom is -0.357 e. The van der Waals surface area contributed by atoms with E-state index in [0.29, 0.717) is 24.8 Å². The number of halogens is 3. The fourth-order valence-corrected chi connectivity index (χ4v) is 3.40. The lowest BCUT2D eigenvalue weighted by atomic mass is 9.86. The van der Waals surface area contributed by atoms with Crippen LogP contribution in [0.4, 0.5) is 13.2 Å². The van der Waals surface area contributed by atoms with E-state index in [2.05, 4.69) is 20.9 Å². The van der Waals surface area contributed by atoms with Gasteiger partial charge in [0.1, 0.15) is 17.7 Å². The van der Waals surface area contributed by atoms with Crippen molar-refractivity contribution in [1.29, 1.82) is 0 Å². The molecule has 0 fully saturated rings. The Morgan fingerprint density at radius 1 is 1.17 bits per heavy atom. The standard InChI is InChI=1S/C20H24F3N5O2/c1-20(2,3)16(19(30)24-4)27-18(29)15-14-9-25-5-6-28(14)17(26-15)10-7-12(22)13(23)8-11(10)21/h7-8,16,25H,5-6,9H2,1-4H3,(H,24,30)(H,27,29). The van der Waals surface area contributed by atoms with Gasteiger partial charge in [0.15, 0.2) is 17.3 Å². The highest BCUT2D eigenvalue weighted by atomic mass is 19.2. The first kappa shape index (κ1) is 21.8. The van der Waals surface area contributed by atoms with Gasteiger partial charge >= 0.3 is 0 Å². The van der Waals surface area contributed by atoms with Crippen molar-refractivity contribution in [2.24, 2.45) is 5.41 Å². The Morgan fingerprint density at radius 3 is 2.47 bits per heavy atom. The van der Waals surface area contributed by atoms with E-state index >= 15 is 0 Å². The molecule has 10 heteroatoms. The van der Waals surface area contributed by atoms with Gasteiger partial charge in [0.2, 0.25) is 5.91 Å². The van der Waals surface area contributed by atoms with E-state index in [4.69, 9.17) is 0 Å². The zero-order chi connectivity index (χ0) is 22.2. The first-order valence-electron chi connectivity index (χ1n) is 9.52. The quantitative estimate of drug-likeness (QED) is 0.656. The van der Waals surface area contributed by atoms with E-state index in [1.165, 1.54) is 7.05 Å². The maximum Gasteiger partial charge on any atom is 0.272 e. The van der Waals surface area contributed by atoms with Crippen molar-refractivity contribution in [3.8, 4) is 11.4 Å². The molecule has 0 aliphatic carbocycles. The van der Waals surface area contributed by atoms with Gasteiger partial charge in [-0.1, -0.05) is 20.8 Å². The second-order valence-corrected chi connectivity index (χ2v) is 8.19. The van der Waals surface area contributed by atoms with Gasteiger partial charge < -0.3 is 20.5 Å². The van der Waals surface area contributed by atoms with Crippen LogP contribution in [0.2, 0.25) is 0 Å². The second kappa shape index (κ2) is 8.10. The Labute approximate surface area is 172 Å². The average Bonchev–Trinajstić information content (AvgIpc) is 3.07. The molecule has 0 saturated heterocycles. The lowest BCUT2D eigenvalue weighted by Crippen LogP contribution is -2.53. The van der Waals surface area contributed by atoms with Crippen LogP contribution in [0.5, 0.6) is 0 Å². The van der Waals surface area contributed by atoms with Crippen molar-refractivity contribution in [3.63, 3.8) is 0 Å². The molecule has 7 nitrogen and oxygen atoms in total. The van der Waals surface area contributed by atoms with Crippen LogP contribution in [-0.4, -0.2) is 41.0 Å². The lowest BCUT2D eigenvalue weighted by molar-refractivity contribution is -0.124. The van der Waals surface area contributed by atoms with Gasteiger partial charge in [-0.05, 0) is 11.5 Å². The van der Waals surface area contributed by atoms with Crippen molar-refractivity contribution < 1.29 is 22.8 Å². The van der Waals surface area contributed by atoms with Crippen molar-refractivity contribution in [2.75, 3.05) is 13.6 Å². The van der Waals surface area contributed by atoms with Gasteiger partial charge in [0.25, 0.3) is 5.91 Å². The Bertz CT molecular complexity index is 997. The summed E-state index contributed by atoms with van der Waals surface area (Å²) in [5, 5.41) is 8.32. The number of rotatable bonds is 4. The van der Waals surface area contributed by atoms with E-state index in [0.717, 1.165) is 6.07 Å². The Hall–Kier alpha value is -2.88.